The summed E-state index contributed by atoms with van der Waals surface area (Å²) in [6, 6.07) is 3.88. The highest BCUT2D eigenvalue weighted by molar-refractivity contribution is 5.96. The van der Waals surface area contributed by atoms with Crippen LogP contribution in [0.2, 0.25) is 0 Å². The minimum Gasteiger partial charge on any atom is -0.343 e. The summed E-state index contributed by atoms with van der Waals surface area (Å²) < 4.78 is 49.9. The molecule has 4 rings (SSSR count). The summed E-state index contributed by atoms with van der Waals surface area (Å²) in [5.41, 5.74) is 0.741. The molecular weight excluding hydrogens is 524 g/mol. The van der Waals surface area contributed by atoms with E-state index in [4.69, 9.17) is 0 Å². The number of nitrogens with one attached hydrogen (secondary N) is 2. The minimum atomic E-state index is -4.44. The number of nitrogens with zero attached hydrogens (tertiary/aromatic N) is 2. The molecule has 0 bridgehead atoms. The van der Waals surface area contributed by atoms with Gasteiger partial charge in [-0.15, -0.1) is 0 Å². The van der Waals surface area contributed by atoms with Gasteiger partial charge in [0.2, 0.25) is 5.91 Å². The van der Waals surface area contributed by atoms with Gasteiger partial charge in [-0.2, -0.15) is 13.2 Å². The van der Waals surface area contributed by atoms with Crippen LogP contribution >= 0.6 is 0 Å². The Morgan fingerprint density at radius 2 is 1.65 bits per heavy atom. The molecule has 1 aromatic carbocycles. The van der Waals surface area contributed by atoms with Gasteiger partial charge >= 0.3 is 6.18 Å². The Morgan fingerprint density at radius 1 is 1.02 bits per heavy atom. The van der Waals surface area contributed by atoms with E-state index in [9.17, 15) is 27.2 Å². The van der Waals surface area contributed by atoms with Gasteiger partial charge in [0.15, 0.2) is 0 Å². The summed E-state index contributed by atoms with van der Waals surface area (Å²) in [5, 5.41) is 5.51. The Kier molecular flexibility index (Phi) is 13.8. The molecule has 0 spiro atoms. The van der Waals surface area contributed by atoms with Crippen molar-refractivity contribution in [1.29, 1.82) is 0 Å². The third-order valence-electron chi connectivity index (χ3n) is 7.23. The first-order valence-electron chi connectivity index (χ1n) is 14.1. The van der Waals surface area contributed by atoms with Gasteiger partial charge in [0.1, 0.15) is 5.83 Å². The van der Waals surface area contributed by atoms with Crippen molar-refractivity contribution in [3.05, 3.63) is 58.9 Å². The molecule has 3 aliphatic rings. The molecule has 224 valence electrons. The lowest BCUT2D eigenvalue weighted by molar-refractivity contribution is -0.137. The standard InChI is InChI=1S/C15H18F3N3O2.C10H13F.C5H13N/c1-20-6-8-21(9-7-20)13(22)10-19-14(23)11-2-4-12(5-3-11)15(16,17)18;1-7-6-10(7)8-2-4-9(11)5-3-8;1-3-4-5-6-2/h2-5H,6-10H2,1H3,(H,19,23);2,4,7,10H,3,5-6H2,1H3;6H,3-5H2,1-2H3. The molecule has 10 heteroatoms. The summed E-state index contributed by atoms with van der Waals surface area (Å²) in [4.78, 5) is 27.6. The molecule has 0 radical (unpaired) electrons. The normalized spacial score (nSPS) is 20.6. The number of hydrogen-bond acceptors (Lipinski definition) is 4. The fourth-order valence-corrected chi connectivity index (χ4v) is 4.37. The van der Waals surface area contributed by atoms with Crippen molar-refractivity contribution in [1.82, 2.24) is 20.4 Å². The summed E-state index contributed by atoms with van der Waals surface area (Å²) in [5.74, 6) is 0.928. The van der Waals surface area contributed by atoms with E-state index in [0.29, 0.717) is 19.5 Å². The van der Waals surface area contributed by atoms with Crippen LogP contribution in [0.1, 0.15) is 61.9 Å². The maximum Gasteiger partial charge on any atom is 0.416 e. The van der Waals surface area contributed by atoms with E-state index < -0.39 is 17.6 Å². The number of benzene rings is 1. The maximum absolute atomic E-state index is 12.6. The molecular formula is C30H44F4N4O2. The Labute approximate surface area is 235 Å². The van der Waals surface area contributed by atoms with Crippen LogP contribution in [0.25, 0.3) is 0 Å². The number of amides is 2. The number of alkyl halides is 3. The highest BCUT2D eigenvalue weighted by Crippen LogP contribution is 2.46. The highest BCUT2D eigenvalue weighted by atomic mass is 19.4. The number of carbonyl (C=O) groups is 2. The molecule has 2 atom stereocenters. The first-order chi connectivity index (χ1) is 19.0. The molecule has 1 saturated heterocycles. The van der Waals surface area contributed by atoms with Gasteiger partial charge in [0, 0.05) is 38.2 Å². The number of piperazine rings is 1. The van der Waals surface area contributed by atoms with E-state index in [-0.39, 0.29) is 23.8 Å². The molecule has 6 nitrogen and oxygen atoms in total. The Bertz CT molecular complexity index is 996. The van der Waals surface area contributed by atoms with Crippen molar-refractivity contribution in [2.24, 2.45) is 11.8 Å². The molecule has 1 aliphatic heterocycles. The third kappa shape index (κ3) is 11.8. The zero-order valence-corrected chi connectivity index (χ0v) is 24.1. The Balaban J connectivity index is 0.000000270. The van der Waals surface area contributed by atoms with Gasteiger partial charge in [-0.1, -0.05) is 31.9 Å². The van der Waals surface area contributed by atoms with Crippen LogP contribution < -0.4 is 10.6 Å². The number of carbonyl (C=O) groups excluding carboxylic acids is 2. The minimum absolute atomic E-state index is 0.0436. The molecule has 2 aliphatic carbocycles. The zero-order chi connectivity index (χ0) is 29.7. The number of rotatable bonds is 7. The SMILES string of the molecule is CC1CC1C1=CC=C(F)CC1.CCCCNC.CN1CCN(C(=O)CNC(=O)c2ccc(C(F)(F)F)cc2)CC1. The smallest absolute Gasteiger partial charge is 0.343 e. The predicted molar refractivity (Wildman–Crippen MR) is 150 cm³/mol. The molecule has 1 saturated carbocycles. The maximum atomic E-state index is 12.6. The quantitative estimate of drug-likeness (QED) is 0.340. The lowest BCUT2D eigenvalue weighted by Gasteiger charge is -2.32. The van der Waals surface area contributed by atoms with E-state index in [2.05, 4.69) is 29.4 Å². The molecule has 2 N–H and O–H groups in total. The van der Waals surface area contributed by atoms with Crippen LogP contribution in [0.5, 0.6) is 0 Å². The first-order valence-corrected chi connectivity index (χ1v) is 14.1. The van der Waals surface area contributed by atoms with Crippen LogP contribution in [-0.2, 0) is 11.0 Å². The molecule has 2 amide bonds. The monoisotopic (exact) mass is 568 g/mol. The largest absolute Gasteiger partial charge is 0.416 e. The van der Waals surface area contributed by atoms with Gasteiger partial charge in [-0.3, -0.25) is 9.59 Å². The van der Waals surface area contributed by atoms with Crippen LogP contribution in [0.15, 0.2) is 47.8 Å². The van der Waals surface area contributed by atoms with Gasteiger partial charge in [0.25, 0.3) is 5.91 Å². The molecule has 40 heavy (non-hydrogen) atoms. The van der Waals surface area contributed by atoms with Crippen LogP contribution in [-0.4, -0.2) is 75.0 Å². The lowest BCUT2D eigenvalue weighted by atomic mass is 9.99. The van der Waals surface area contributed by atoms with Crippen molar-refractivity contribution in [3.63, 3.8) is 0 Å². The Morgan fingerprint density at radius 3 is 2.10 bits per heavy atom. The zero-order valence-electron chi connectivity index (χ0n) is 24.1. The average molecular weight is 569 g/mol. The van der Waals surface area contributed by atoms with Crippen LogP contribution in [0.3, 0.4) is 0 Å². The van der Waals surface area contributed by atoms with E-state index >= 15 is 0 Å². The topological polar surface area (TPSA) is 64.7 Å². The fraction of sp³-hybridized carbons (Fsp3) is 0.600. The summed E-state index contributed by atoms with van der Waals surface area (Å²) >= 11 is 0. The van der Waals surface area contributed by atoms with E-state index in [1.54, 1.807) is 11.0 Å². The molecule has 2 fully saturated rings. The summed E-state index contributed by atoms with van der Waals surface area (Å²) in [7, 11) is 3.95. The number of unbranched alkanes of at least 4 members (excludes halogenated alkanes) is 1. The van der Waals surface area contributed by atoms with Crippen molar-refractivity contribution in [2.75, 3.05) is 53.4 Å². The lowest BCUT2D eigenvalue weighted by Crippen LogP contribution is -2.50. The van der Waals surface area contributed by atoms with E-state index in [0.717, 1.165) is 62.2 Å². The Hall–Kier alpha value is -2.72. The second kappa shape index (κ2) is 16.5. The second-order valence-corrected chi connectivity index (χ2v) is 10.6. The third-order valence-corrected chi connectivity index (χ3v) is 7.23. The van der Waals surface area contributed by atoms with Crippen molar-refractivity contribution in [2.45, 2.75) is 52.1 Å². The van der Waals surface area contributed by atoms with E-state index in [1.807, 2.05) is 20.2 Å². The van der Waals surface area contributed by atoms with Gasteiger partial charge < -0.3 is 20.4 Å². The fourth-order valence-electron chi connectivity index (χ4n) is 4.37. The van der Waals surface area contributed by atoms with Gasteiger partial charge in [-0.25, -0.2) is 4.39 Å². The van der Waals surface area contributed by atoms with Crippen LogP contribution in [0, 0.1) is 11.8 Å². The molecule has 0 aromatic heterocycles. The molecule has 1 aromatic rings. The molecule has 1 heterocycles. The van der Waals surface area contributed by atoms with E-state index in [1.165, 1.54) is 24.8 Å². The van der Waals surface area contributed by atoms with Crippen molar-refractivity contribution in [3.8, 4) is 0 Å². The second-order valence-electron chi connectivity index (χ2n) is 10.6. The number of allylic oxidation sites excluding steroid dienone is 4. The van der Waals surface area contributed by atoms with Gasteiger partial charge in [0.05, 0.1) is 12.1 Å². The van der Waals surface area contributed by atoms with Crippen LogP contribution in [0.4, 0.5) is 17.6 Å². The van der Waals surface area contributed by atoms with Crippen molar-refractivity contribution < 1.29 is 27.2 Å². The number of likely N-dealkylation sites (N-methyl/N-ethyl adjacent to an activating group) is 1. The molecule has 2 unspecified atom stereocenters. The summed E-state index contributed by atoms with van der Waals surface area (Å²) in [6.07, 6.45) is 4.67. The number of halogens is 4. The number of hydrogen-bond donors (Lipinski definition) is 2. The predicted octanol–water partition coefficient (Wildman–Crippen LogP) is 5.43. The van der Waals surface area contributed by atoms with Crippen molar-refractivity contribution >= 4 is 11.8 Å². The average Bonchev–Trinajstić information content (AvgIpc) is 3.67. The highest BCUT2D eigenvalue weighted by Gasteiger charge is 2.35. The summed E-state index contributed by atoms with van der Waals surface area (Å²) in [6.45, 7) is 8.21. The van der Waals surface area contributed by atoms with Gasteiger partial charge in [-0.05, 0) is 82.1 Å². The first kappa shape index (κ1) is 33.5.